The molecule has 0 aromatic carbocycles. The van der Waals surface area contributed by atoms with Crippen LogP contribution in [0.2, 0.25) is 0 Å². The van der Waals surface area contributed by atoms with E-state index >= 15 is 0 Å². The maximum atomic E-state index is 10.9. The van der Waals surface area contributed by atoms with Gasteiger partial charge in [0.1, 0.15) is 0 Å². The van der Waals surface area contributed by atoms with Crippen LogP contribution >= 0.6 is 12.4 Å². The van der Waals surface area contributed by atoms with Gasteiger partial charge in [0.05, 0.1) is 12.5 Å². The van der Waals surface area contributed by atoms with Crippen LogP contribution in [0, 0.1) is 5.92 Å². The molecule has 0 spiro atoms. The molecule has 0 fully saturated rings. The standard InChI is InChI=1S/C10H18O4.ClH/c1-3-14-9(11)7-5-4-6-8(2)10(12)13;/h8H,3-7H2,1-2H3,(H,12,13);1H. The fraction of sp³-hybridized carbons (Fsp3) is 0.800. The zero-order chi connectivity index (χ0) is 11.0. The van der Waals surface area contributed by atoms with Gasteiger partial charge in [0.15, 0.2) is 0 Å². The van der Waals surface area contributed by atoms with Crippen LogP contribution in [0.4, 0.5) is 0 Å². The summed E-state index contributed by atoms with van der Waals surface area (Å²) in [6.45, 7) is 3.85. The van der Waals surface area contributed by atoms with E-state index in [2.05, 4.69) is 0 Å². The third-order valence-electron chi connectivity index (χ3n) is 1.99. The predicted molar refractivity (Wildman–Crippen MR) is 59.1 cm³/mol. The summed E-state index contributed by atoms with van der Waals surface area (Å²) < 4.78 is 4.74. The Bertz CT molecular complexity index is 194. The Labute approximate surface area is 96.4 Å². The molecule has 90 valence electrons. The number of esters is 1. The zero-order valence-corrected chi connectivity index (χ0v) is 10.0. The smallest absolute Gasteiger partial charge is 0.306 e. The number of carbonyl (C=O) groups is 2. The molecule has 1 unspecified atom stereocenters. The predicted octanol–water partition coefficient (Wildman–Crippen LogP) is 2.25. The molecule has 0 heterocycles. The Balaban J connectivity index is 0. The molecule has 0 aromatic rings. The molecule has 1 atom stereocenters. The SMILES string of the molecule is CCOC(=O)CCCCC(C)C(=O)O.Cl. The van der Waals surface area contributed by atoms with Crippen molar-refractivity contribution in [2.75, 3.05) is 6.61 Å². The topological polar surface area (TPSA) is 63.6 Å². The maximum absolute atomic E-state index is 10.9. The van der Waals surface area contributed by atoms with Crippen molar-refractivity contribution in [1.82, 2.24) is 0 Å². The van der Waals surface area contributed by atoms with E-state index in [-0.39, 0.29) is 24.3 Å². The van der Waals surface area contributed by atoms with Gasteiger partial charge < -0.3 is 9.84 Å². The van der Waals surface area contributed by atoms with E-state index in [1.165, 1.54) is 0 Å². The van der Waals surface area contributed by atoms with Crippen molar-refractivity contribution in [2.45, 2.75) is 39.5 Å². The fourth-order valence-corrected chi connectivity index (χ4v) is 1.08. The highest BCUT2D eigenvalue weighted by Crippen LogP contribution is 2.09. The second-order valence-corrected chi connectivity index (χ2v) is 3.29. The average molecular weight is 239 g/mol. The van der Waals surface area contributed by atoms with Crippen molar-refractivity contribution >= 4 is 24.3 Å². The molecular weight excluding hydrogens is 220 g/mol. The van der Waals surface area contributed by atoms with Gasteiger partial charge in [-0.15, -0.1) is 12.4 Å². The van der Waals surface area contributed by atoms with E-state index in [4.69, 9.17) is 9.84 Å². The van der Waals surface area contributed by atoms with Gasteiger partial charge >= 0.3 is 11.9 Å². The van der Waals surface area contributed by atoms with Crippen LogP contribution in [0.25, 0.3) is 0 Å². The minimum Gasteiger partial charge on any atom is -0.481 e. The lowest BCUT2D eigenvalue weighted by Gasteiger charge is -2.05. The number of hydrogen-bond donors (Lipinski definition) is 1. The van der Waals surface area contributed by atoms with Crippen LogP contribution < -0.4 is 0 Å². The summed E-state index contributed by atoms with van der Waals surface area (Å²) in [5.41, 5.74) is 0. The van der Waals surface area contributed by atoms with E-state index in [0.29, 0.717) is 25.9 Å². The van der Waals surface area contributed by atoms with Gasteiger partial charge in [0.25, 0.3) is 0 Å². The lowest BCUT2D eigenvalue weighted by molar-refractivity contribution is -0.143. The first-order valence-corrected chi connectivity index (χ1v) is 4.96. The molecule has 0 aliphatic heterocycles. The lowest BCUT2D eigenvalue weighted by Crippen LogP contribution is -2.09. The van der Waals surface area contributed by atoms with Crippen LogP contribution in [0.1, 0.15) is 39.5 Å². The van der Waals surface area contributed by atoms with Gasteiger partial charge in [-0.1, -0.05) is 13.3 Å². The number of unbranched alkanes of at least 4 members (excludes halogenated alkanes) is 1. The Morgan fingerprint density at radius 1 is 1.33 bits per heavy atom. The summed E-state index contributed by atoms with van der Waals surface area (Å²) in [4.78, 5) is 21.3. The summed E-state index contributed by atoms with van der Waals surface area (Å²) >= 11 is 0. The molecular formula is C10H19ClO4. The van der Waals surface area contributed by atoms with E-state index in [1.54, 1.807) is 13.8 Å². The lowest BCUT2D eigenvalue weighted by atomic mass is 10.0. The van der Waals surface area contributed by atoms with Crippen molar-refractivity contribution in [2.24, 2.45) is 5.92 Å². The first-order valence-electron chi connectivity index (χ1n) is 4.96. The molecule has 0 amide bonds. The second kappa shape index (κ2) is 9.77. The van der Waals surface area contributed by atoms with Crippen molar-refractivity contribution < 1.29 is 19.4 Å². The molecule has 1 N–H and O–H groups in total. The number of carboxylic acid groups (broad SMARTS) is 1. The van der Waals surface area contributed by atoms with E-state index in [9.17, 15) is 9.59 Å². The molecule has 0 bridgehead atoms. The Hall–Kier alpha value is -0.770. The Morgan fingerprint density at radius 2 is 1.93 bits per heavy atom. The van der Waals surface area contributed by atoms with E-state index in [0.717, 1.165) is 6.42 Å². The number of ether oxygens (including phenoxy) is 1. The molecule has 5 heteroatoms. The van der Waals surface area contributed by atoms with Gasteiger partial charge in [-0.3, -0.25) is 9.59 Å². The third kappa shape index (κ3) is 9.53. The van der Waals surface area contributed by atoms with Gasteiger partial charge in [0.2, 0.25) is 0 Å². The highest BCUT2D eigenvalue weighted by Gasteiger charge is 2.10. The summed E-state index contributed by atoms with van der Waals surface area (Å²) in [7, 11) is 0. The average Bonchev–Trinajstić information content (AvgIpc) is 2.12. The highest BCUT2D eigenvalue weighted by molar-refractivity contribution is 5.85. The second-order valence-electron chi connectivity index (χ2n) is 3.29. The molecule has 0 saturated carbocycles. The molecule has 0 aliphatic rings. The highest BCUT2D eigenvalue weighted by atomic mass is 35.5. The van der Waals surface area contributed by atoms with Crippen LogP contribution in [0.3, 0.4) is 0 Å². The fourth-order valence-electron chi connectivity index (χ4n) is 1.08. The quantitative estimate of drug-likeness (QED) is 0.546. The van der Waals surface area contributed by atoms with Gasteiger partial charge in [-0.05, 0) is 19.8 Å². The first kappa shape index (κ1) is 16.7. The van der Waals surface area contributed by atoms with Crippen molar-refractivity contribution in [1.29, 1.82) is 0 Å². The number of halogens is 1. The zero-order valence-electron chi connectivity index (χ0n) is 9.19. The number of rotatable bonds is 7. The van der Waals surface area contributed by atoms with Gasteiger partial charge in [-0.2, -0.15) is 0 Å². The number of aliphatic carboxylic acids is 1. The molecule has 0 saturated heterocycles. The summed E-state index contributed by atoms with van der Waals surface area (Å²) in [6.07, 6.45) is 2.47. The molecule has 0 rings (SSSR count). The Morgan fingerprint density at radius 3 is 2.40 bits per heavy atom. The van der Waals surface area contributed by atoms with Crippen LogP contribution in [-0.4, -0.2) is 23.7 Å². The number of carboxylic acids is 1. The third-order valence-corrected chi connectivity index (χ3v) is 1.99. The van der Waals surface area contributed by atoms with E-state index < -0.39 is 5.97 Å². The summed E-state index contributed by atoms with van der Waals surface area (Å²) in [5, 5.41) is 8.58. The van der Waals surface area contributed by atoms with Gasteiger partial charge in [-0.25, -0.2) is 0 Å². The molecule has 0 radical (unpaired) electrons. The van der Waals surface area contributed by atoms with Crippen LogP contribution in [0.5, 0.6) is 0 Å². The first-order chi connectivity index (χ1) is 6.57. The summed E-state index contributed by atoms with van der Waals surface area (Å²) in [6, 6.07) is 0. The maximum Gasteiger partial charge on any atom is 0.306 e. The van der Waals surface area contributed by atoms with Crippen molar-refractivity contribution in [3.8, 4) is 0 Å². The molecule has 4 nitrogen and oxygen atoms in total. The number of hydrogen-bond acceptors (Lipinski definition) is 3. The van der Waals surface area contributed by atoms with Crippen molar-refractivity contribution in [3.63, 3.8) is 0 Å². The minimum absolute atomic E-state index is 0. The normalized spacial score (nSPS) is 11.3. The largest absolute Gasteiger partial charge is 0.481 e. The monoisotopic (exact) mass is 238 g/mol. The molecule has 0 aromatic heterocycles. The minimum atomic E-state index is -0.777. The summed E-state index contributed by atoms with van der Waals surface area (Å²) in [5.74, 6) is -1.30. The van der Waals surface area contributed by atoms with Crippen LogP contribution in [-0.2, 0) is 14.3 Å². The Kier molecular flexibility index (Phi) is 10.8. The van der Waals surface area contributed by atoms with E-state index in [1.807, 2.05) is 0 Å². The molecule has 15 heavy (non-hydrogen) atoms. The van der Waals surface area contributed by atoms with Crippen molar-refractivity contribution in [3.05, 3.63) is 0 Å². The van der Waals surface area contributed by atoms with Crippen LogP contribution in [0.15, 0.2) is 0 Å². The molecule has 0 aliphatic carbocycles. The van der Waals surface area contributed by atoms with Gasteiger partial charge in [0, 0.05) is 6.42 Å². The number of carbonyl (C=O) groups excluding carboxylic acids is 1.